The van der Waals surface area contributed by atoms with Crippen molar-refractivity contribution in [1.29, 1.82) is 0 Å². The Labute approximate surface area is 142 Å². The van der Waals surface area contributed by atoms with Gasteiger partial charge in [-0.3, -0.25) is 0 Å². The van der Waals surface area contributed by atoms with Crippen LogP contribution in [-0.4, -0.2) is 37.2 Å². The number of piperidine rings is 1. The lowest BCUT2D eigenvalue weighted by Crippen LogP contribution is -2.43. The third-order valence-electron chi connectivity index (χ3n) is 3.25. The summed E-state index contributed by atoms with van der Waals surface area (Å²) in [5, 5.41) is 0. The molecule has 0 aromatic heterocycles. The molecule has 1 saturated heterocycles. The van der Waals surface area contributed by atoms with Gasteiger partial charge in [0.05, 0.1) is 11.1 Å². The van der Waals surface area contributed by atoms with Gasteiger partial charge in [0.2, 0.25) is 0 Å². The Balaban J connectivity index is 0.00000180. The highest BCUT2D eigenvalue weighted by Gasteiger charge is 2.15. The highest BCUT2D eigenvalue weighted by atomic mass is 79.9. The van der Waals surface area contributed by atoms with Crippen LogP contribution in [0.3, 0.4) is 0 Å². The molecule has 1 aromatic carbocycles. The van der Waals surface area contributed by atoms with Gasteiger partial charge in [0, 0.05) is 19.1 Å². The van der Waals surface area contributed by atoms with Gasteiger partial charge < -0.3 is 15.4 Å². The van der Waals surface area contributed by atoms with Crippen LogP contribution < -0.4 is 10.5 Å². The number of ether oxygens (including phenoxy) is 1. The highest BCUT2D eigenvalue weighted by molar-refractivity contribution is 9.10. The first-order valence-corrected chi connectivity index (χ1v) is 7.40. The normalized spacial score (nSPS) is 18.8. The second-order valence-corrected chi connectivity index (χ2v) is 5.69. The van der Waals surface area contributed by atoms with Gasteiger partial charge in [-0.25, -0.2) is 0 Å². The second kappa shape index (κ2) is 10.7. The average molecular weight is 386 g/mol. The molecule has 1 atom stereocenters. The molecule has 0 saturated carbocycles. The Bertz CT molecular complexity index is 382. The van der Waals surface area contributed by atoms with E-state index in [0.29, 0.717) is 6.04 Å². The van der Waals surface area contributed by atoms with Crippen LogP contribution in [0.25, 0.3) is 0 Å². The molecule has 0 radical (unpaired) electrons. The highest BCUT2D eigenvalue weighted by Crippen LogP contribution is 2.23. The number of likely N-dealkylation sites (tertiary alicyclic amines) is 1. The SMILES string of the molecule is Cl.Cl.N[C@H]1CCCN(CCCOc2ccccc2Br)C1. The quantitative estimate of drug-likeness (QED) is 0.788. The maximum absolute atomic E-state index is 5.96. The van der Waals surface area contributed by atoms with E-state index in [2.05, 4.69) is 20.8 Å². The Morgan fingerprint density at radius 1 is 1.30 bits per heavy atom. The van der Waals surface area contributed by atoms with Crippen LogP contribution in [0, 0.1) is 0 Å². The summed E-state index contributed by atoms with van der Waals surface area (Å²) in [7, 11) is 0. The third-order valence-corrected chi connectivity index (χ3v) is 3.91. The molecule has 0 aliphatic carbocycles. The van der Waals surface area contributed by atoms with Crippen molar-refractivity contribution in [3.8, 4) is 5.75 Å². The van der Waals surface area contributed by atoms with Crippen molar-refractivity contribution >= 4 is 40.7 Å². The van der Waals surface area contributed by atoms with E-state index < -0.39 is 0 Å². The first-order valence-electron chi connectivity index (χ1n) is 6.61. The molecule has 1 aromatic rings. The summed E-state index contributed by atoms with van der Waals surface area (Å²) in [6.07, 6.45) is 3.45. The lowest BCUT2D eigenvalue weighted by Gasteiger charge is -2.30. The molecule has 2 rings (SSSR count). The molecule has 2 N–H and O–H groups in total. The number of rotatable bonds is 5. The number of nitrogens with zero attached hydrogens (tertiary/aromatic N) is 1. The Morgan fingerprint density at radius 3 is 2.75 bits per heavy atom. The fourth-order valence-corrected chi connectivity index (χ4v) is 2.73. The van der Waals surface area contributed by atoms with E-state index in [-0.39, 0.29) is 24.8 Å². The molecule has 0 unspecified atom stereocenters. The van der Waals surface area contributed by atoms with E-state index in [1.165, 1.54) is 19.4 Å². The van der Waals surface area contributed by atoms with Crippen LogP contribution in [0.5, 0.6) is 5.75 Å². The van der Waals surface area contributed by atoms with Crippen LogP contribution in [0.2, 0.25) is 0 Å². The van der Waals surface area contributed by atoms with Crippen LogP contribution in [0.15, 0.2) is 28.7 Å². The van der Waals surface area contributed by atoms with Gasteiger partial charge in [0.1, 0.15) is 5.75 Å². The summed E-state index contributed by atoms with van der Waals surface area (Å²) in [6, 6.07) is 8.33. The van der Waals surface area contributed by atoms with Crippen LogP contribution in [0.1, 0.15) is 19.3 Å². The monoisotopic (exact) mass is 384 g/mol. The average Bonchev–Trinajstić information content (AvgIpc) is 2.37. The Kier molecular flexibility index (Phi) is 10.7. The van der Waals surface area contributed by atoms with Gasteiger partial charge in [-0.2, -0.15) is 0 Å². The lowest BCUT2D eigenvalue weighted by molar-refractivity contribution is 0.190. The maximum atomic E-state index is 5.96. The van der Waals surface area contributed by atoms with Gasteiger partial charge in [-0.15, -0.1) is 24.8 Å². The van der Waals surface area contributed by atoms with Crippen LogP contribution in [0.4, 0.5) is 0 Å². The lowest BCUT2D eigenvalue weighted by atomic mass is 10.1. The van der Waals surface area contributed by atoms with Gasteiger partial charge in [-0.05, 0) is 53.9 Å². The largest absolute Gasteiger partial charge is 0.492 e. The van der Waals surface area contributed by atoms with E-state index in [9.17, 15) is 0 Å². The summed E-state index contributed by atoms with van der Waals surface area (Å²) < 4.78 is 6.77. The van der Waals surface area contributed by atoms with Crippen molar-refractivity contribution < 1.29 is 4.74 Å². The number of nitrogens with two attached hydrogens (primary N) is 1. The fourth-order valence-electron chi connectivity index (χ4n) is 2.33. The summed E-state index contributed by atoms with van der Waals surface area (Å²) in [5.74, 6) is 0.924. The van der Waals surface area contributed by atoms with Crippen molar-refractivity contribution in [2.75, 3.05) is 26.2 Å². The minimum atomic E-state index is 0. The van der Waals surface area contributed by atoms with Gasteiger partial charge in [0.15, 0.2) is 0 Å². The smallest absolute Gasteiger partial charge is 0.133 e. The molecule has 0 bridgehead atoms. The molecule has 3 nitrogen and oxygen atoms in total. The summed E-state index contributed by atoms with van der Waals surface area (Å²) >= 11 is 3.48. The second-order valence-electron chi connectivity index (χ2n) is 4.84. The predicted octanol–water partition coefficient (Wildman–Crippen LogP) is 3.48. The first kappa shape index (κ1) is 20.0. The van der Waals surface area contributed by atoms with Gasteiger partial charge in [0.25, 0.3) is 0 Å². The van der Waals surface area contributed by atoms with Crippen LogP contribution >= 0.6 is 40.7 Å². The number of hydrogen-bond donors (Lipinski definition) is 1. The summed E-state index contributed by atoms with van der Waals surface area (Å²) in [4.78, 5) is 2.44. The van der Waals surface area contributed by atoms with E-state index in [1.54, 1.807) is 0 Å². The first-order chi connectivity index (χ1) is 8.75. The molecule has 1 fully saturated rings. The number of halogens is 3. The number of hydrogen-bond acceptors (Lipinski definition) is 3. The maximum Gasteiger partial charge on any atom is 0.133 e. The van der Waals surface area contributed by atoms with E-state index >= 15 is 0 Å². The summed E-state index contributed by atoms with van der Waals surface area (Å²) in [5.41, 5.74) is 5.96. The van der Waals surface area contributed by atoms with Crippen LogP contribution in [-0.2, 0) is 0 Å². The van der Waals surface area contributed by atoms with E-state index in [1.807, 2.05) is 24.3 Å². The molecule has 0 amide bonds. The standard InChI is InChI=1S/C14H21BrN2O.2ClH/c15-13-6-1-2-7-14(13)18-10-4-9-17-8-3-5-12(16)11-17;;/h1-2,6-7,12H,3-5,8-11,16H2;2*1H/t12-;;/m0../s1. The molecule has 0 spiro atoms. The zero-order valence-corrected chi connectivity index (χ0v) is 14.7. The number of para-hydroxylation sites is 1. The van der Waals surface area contributed by atoms with Crippen molar-refractivity contribution in [1.82, 2.24) is 4.90 Å². The Hall–Kier alpha value is -0.000000000000000111. The number of benzene rings is 1. The fraction of sp³-hybridized carbons (Fsp3) is 0.571. The predicted molar refractivity (Wildman–Crippen MR) is 92.4 cm³/mol. The zero-order valence-electron chi connectivity index (χ0n) is 11.5. The summed E-state index contributed by atoms with van der Waals surface area (Å²) in [6.45, 7) is 4.06. The molecule has 6 heteroatoms. The Morgan fingerprint density at radius 2 is 2.05 bits per heavy atom. The molecule has 116 valence electrons. The van der Waals surface area contributed by atoms with E-state index in [4.69, 9.17) is 10.5 Å². The van der Waals surface area contributed by atoms with Crippen molar-refractivity contribution in [3.63, 3.8) is 0 Å². The topological polar surface area (TPSA) is 38.5 Å². The minimum absolute atomic E-state index is 0. The molecular weight excluding hydrogens is 363 g/mol. The molecule has 1 aliphatic heterocycles. The van der Waals surface area contributed by atoms with Crippen molar-refractivity contribution in [3.05, 3.63) is 28.7 Å². The molecule has 1 aliphatic rings. The molecule has 1 heterocycles. The van der Waals surface area contributed by atoms with Crippen molar-refractivity contribution in [2.45, 2.75) is 25.3 Å². The van der Waals surface area contributed by atoms with Gasteiger partial charge in [-0.1, -0.05) is 12.1 Å². The third kappa shape index (κ3) is 6.64. The zero-order chi connectivity index (χ0) is 12.8. The van der Waals surface area contributed by atoms with Crippen molar-refractivity contribution in [2.24, 2.45) is 5.73 Å². The minimum Gasteiger partial charge on any atom is -0.492 e. The van der Waals surface area contributed by atoms with E-state index in [0.717, 1.165) is 36.3 Å². The molecular formula is C14H23BrCl2N2O. The van der Waals surface area contributed by atoms with Gasteiger partial charge >= 0.3 is 0 Å². The molecule has 20 heavy (non-hydrogen) atoms.